The molecular weight excluding hydrogens is 222 g/mol. The van der Waals surface area contributed by atoms with Crippen LogP contribution in [0.3, 0.4) is 0 Å². The summed E-state index contributed by atoms with van der Waals surface area (Å²) in [6.07, 6.45) is 0.550. The third-order valence-electron chi connectivity index (χ3n) is 1.92. The molecule has 4 nitrogen and oxygen atoms in total. The summed E-state index contributed by atoms with van der Waals surface area (Å²) in [7, 11) is 0. The van der Waals surface area contributed by atoms with Crippen LogP contribution >= 0.6 is 24.0 Å². The van der Waals surface area contributed by atoms with Crippen molar-refractivity contribution in [2.45, 2.75) is 25.0 Å². The van der Waals surface area contributed by atoms with Gasteiger partial charge in [0.15, 0.2) is 0 Å². The molecule has 14 heavy (non-hydrogen) atoms. The minimum absolute atomic E-state index is 0.0799. The number of thiocarbonyl (C=S) groups is 1. The van der Waals surface area contributed by atoms with Crippen LogP contribution < -0.4 is 5.11 Å². The normalized spacial score (nSPS) is 21.8. The van der Waals surface area contributed by atoms with Gasteiger partial charge in [0, 0.05) is 18.9 Å². The van der Waals surface area contributed by atoms with Gasteiger partial charge in [0.25, 0.3) is 0 Å². The highest BCUT2D eigenvalue weighted by atomic mass is 32.2. The van der Waals surface area contributed by atoms with Gasteiger partial charge in [-0.3, -0.25) is 9.69 Å². The van der Waals surface area contributed by atoms with Crippen molar-refractivity contribution in [2.24, 2.45) is 0 Å². The van der Waals surface area contributed by atoms with Crippen LogP contribution in [0.25, 0.3) is 0 Å². The molecule has 1 rings (SSSR count). The molecule has 6 heteroatoms. The number of hydrogen-bond acceptors (Lipinski definition) is 5. The summed E-state index contributed by atoms with van der Waals surface area (Å²) >= 11 is 6.30. The molecular formula is C8H10NO3S2-. The van der Waals surface area contributed by atoms with E-state index < -0.39 is 5.97 Å². The van der Waals surface area contributed by atoms with Gasteiger partial charge in [0.2, 0.25) is 5.91 Å². The van der Waals surface area contributed by atoms with Crippen LogP contribution in [0, 0.1) is 0 Å². The van der Waals surface area contributed by atoms with E-state index >= 15 is 0 Å². The Morgan fingerprint density at radius 1 is 1.71 bits per heavy atom. The molecule has 78 valence electrons. The Labute approximate surface area is 91.6 Å². The van der Waals surface area contributed by atoms with Crippen molar-refractivity contribution < 1.29 is 14.7 Å². The first-order valence-electron chi connectivity index (χ1n) is 4.28. The highest BCUT2D eigenvalue weighted by molar-refractivity contribution is 8.24. The average molecular weight is 232 g/mol. The number of rotatable bonds is 4. The van der Waals surface area contributed by atoms with Gasteiger partial charge in [-0.1, -0.05) is 30.9 Å². The maximum atomic E-state index is 11.6. The van der Waals surface area contributed by atoms with Crippen molar-refractivity contribution in [1.82, 2.24) is 4.90 Å². The number of thioether (sulfide) groups is 1. The minimum Gasteiger partial charge on any atom is -0.550 e. The molecule has 0 N–H and O–H groups in total. The number of hydrogen-bond donors (Lipinski definition) is 0. The summed E-state index contributed by atoms with van der Waals surface area (Å²) in [5, 5.41) is 10.1. The second-order valence-corrected chi connectivity index (χ2v) is 4.73. The molecule has 1 aliphatic heterocycles. The van der Waals surface area contributed by atoms with Crippen molar-refractivity contribution in [1.29, 1.82) is 0 Å². The second-order valence-electron chi connectivity index (χ2n) is 2.89. The zero-order valence-electron chi connectivity index (χ0n) is 7.69. The van der Waals surface area contributed by atoms with Crippen molar-refractivity contribution in [3.63, 3.8) is 0 Å². The Morgan fingerprint density at radius 3 is 2.79 bits per heavy atom. The van der Waals surface area contributed by atoms with Crippen LogP contribution in [0.1, 0.15) is 19.8 Å². The van der Waals surface area contributed by atoms with Crippen LogP contribution in [0.4, 0.5) is 0 Å². The minimum atomic E-state index is -1.16. The quantitative estimate of drug-likeness (QED) is 0.626. The second kappa shape index (κ2) is 4.75. The molecule has 1 fully saturated rings. The van der Waals surface area contributed by atoms with E-state index in [9.17, 15) is 14.7 Å². The largest absolute Gasteiger partial charge is 0.550 e. The van der Waals surface area contributed by atoms with E-state index in [0.29, 0.717) is 10.7 Å². The summed E-state index contributed by atoms with van der Waals surface area (Å²) < 4.78 is 0.475. The van der Waals surface area contributed by atoms with Crippen LogP contribution in [0.5, 0.6) is 0 Å². The number of nitrogens with zero attached hydrogens (tertiary/aromatic N) is 1. The molecule has 1 heterocycles. The molecule has 0 aromatic rings. The predicted molar refractivity (Wildman–Crippen MR) is 55.6 cm³/mol. The number of carboxylic acids is 1. The van der Waals surface area contributed by atoms with Gasteiger partial charge in [0.1, 0.15) is 4.32 Å². The standard InChI is InChI=1S/C8H11NO3S2/c1-2-5-7(12)9(8(13)14-5)4-3-6(10)11/h5H,2-4H2,1H3,(H,10,11)/p-1/t5-/m0/s1. The maximum Gasteiger partial charge on any atom is 0.241 e. The van der Waals surface area contributed by atoms with Crippen LogP contribution in [-0.2, 0) is 9.59 Å². The highest BCUT2D eigenvalue weighted by Gasteiger charge is 2.34. The number of carboxylic acid groups (broad SMARTS) is 1. The van der Waals surface area contributed by atoms with Gasteiger partial charge < -0.3 is 9.90 Å². The Hall–Kier alpha value is -0.620. The van der Waals surface area contributed by atoms with Gasteiger partial charge in [-0.25, -0.2) is 0 Å². The Morgan fingerprint density at radius 2 is 2.36 bits per heavy atom. The number of aliphatic carboxylic acids is 1. The van der Waals surface area contributed by atoms with Crippen molar-refractivity contribution in [2.75, 3.05) is 6.54 Å². The number of amides is 1. The number of carbonyl (C=O) groups is 2. The molecule has 0 unspecified atom stereocenters. The van der Waals surface area contributed by atoms with Crippen molar-refractivity contribution in [3.05, 3.63) is 0 Å². The Balaban J connectivity index is 2.56. The van der Waals surface area contributed by atoms with E-state index in [-0.39, 0.29) is 24.1 Å². The Kier molecular flexibility index (Phi) is 3.88. The molecule has 0 bridgehead atoms. The third-order valence-corrected chi connectivity index (χ3v) is 3.67. The number of carbonyl (C=O) groups excluding carboxylic acids is 2. The molecule has 1 atom stereocenters. The summed E-state index contributed by atoms with van der Waals surface area (Å²) in [6, 6.07) is 0. The zero-order chi connectivity index (χ0) is 10.7. The molecule has 0 radical (unpaired) electrons. The summed E-state index contributed by atoms with van der Waals surface area (Å²) in [5.41, 5.74) is 0. The van der Waals surface area contributed by atoms with Crippen LogP contribution in [-0.4, -0.2) is 32.9 Å². The van der Waals surface area contributed by atoms with Gasteiger partial charge in [-0.05, 0) is 6.42 Å². The predicted octanol–water partition coefficient (Wildman–Crippen LogP) is -0.235. The molecule has 0 spiro atoms. The van der Waals surface area contributed by atoms with Crippen molar-refractivity contribution >= 4 is 40.2 Å². The molecule has 1 saturated heterocycles. The van der Waals surface area contributed by atoms with Gasteiger partial charge in [0.05, 0.1) is 5.25 Å². The molecule has 1 amide bonds. The average Bonchev–Trinajstić information content (AvgIpc) is 2.39. The molecule has 0 aromatic carbocycles. The summed E-state index contributed by atoms with van der Waals surface area (Å²) in [4.78, 5) is 23.1. The molecule has 0 saturated carbocycles. The SMILES string of the molecule is CC[C@@H]1SC(=S)N(CCC(=O)[O-])C1=O. The maximum absolute atomic E-state index is 11.6. The third kappa shape index (κ3) is 2.45. The van der Waals surface area contributed by atoms with E-state index in [0.717, 1.165) is 0 Å². The summed E-state index contributed by atoms with van der Waals surface area (Å²) in [5.74, 6) is -1.24. The molecule has 0 aliphatic carbocycles. The molecule has 1 aliphatic rings. The van der Waals surface area contributed by atoms with E-state index in [2.05, 4.69) is 0 Å². The summed E-state index contributed by atoms with van der Waals surface area (Å²) in [6.45, 7) is 2.03. The van der Waals surface area contributed by atoms with E-state index in [1.807, 2.05) is 6.92 Å². The smallest absolute Gasteiger partial charge is 0.241 e. The van der Waals surface area contributed by atoms with E-state index in [4.69, 9.17) is 12.2 Å². The van der Waals surface area contributed by atoms with Crippen LogP contribution in [0.15, 0.2) is 0 Å². The topological polar surface area (TPSA) is 60.4 Å². The van der Waals surface area contributed by atoms with Gasteiger partial charge in [-0.15, -0.1) is 0 Å². The monoisotopic (exact) mass is 232 g/mol. The Bertz CT molecular complexity index is 280. The van der Waals surface area contributed by atoms with E-state index in [1.165, 1.54) is 16.7 Å². The first kappa shape index (κ1) is 11.5. The van der Waals surface area contributed by atoms with Crippen molar-refractivity contribution in [3.8, 4) is 0 Å². The lowest BCUT2D eigenvalue weighted by molar-refractivity contribution is -0.305. The van der Waals surface area contributed by atoms with Crippen LogP contribution in [0.2, 0.25) is 0 Å². The van der Waals surface area contributed by atoms with E-state index in [1.54, 1.807) is 0 Å². The fraction of sp³-hybridized carbons (Fsp3) is 0.625. The first-order valence-corrected chi connectivity index (χ1v) is 5.57. The van der Waals surface area contributed by atoms with Gasteiger partial charge in [-0.2, -0.15) is 0 Å². The lowest BCUT2D eigenvalue weighted by Crippen LogP contribution is -2.35. The first-order chi connectivity index (χ1) is 6.56. The fourth-order valence-electron chi connectivity index (χ4n) is 1.16. The lowest BCUT2D eigenvalue weighted by Gasteiger charge is -2.15. The fourth-order valence-corrected chi connectivity index (χ4v) is 2.64. The lowest BCUT2D eigenvalue weighted by atomic mass is 10.3. The highest BCUT2D eigenvalue weighted by Crippen LogP contribution is 2.29. The molecule has 0 aromatic heterocycles. The van der Waals surface area contributed by atoms with Gasteiger partial charge >= 0.3 is 0 Å². The zero-order valence-corrected chi connectivity index (χ0v) is 9.32.